The van der Waals surface area contributed by atoms with E-state index < -0.39 is 12.2 Å². The molecule has 1 aliphatic heterocycles. The highest BCUT2D eigenvalue weighted by Crippen LogP contribution is 2.26. The van der Waals surface area contributed by atoms with E-state index in [0.717, 1.165) is 5.00 Å². The molecule has 6 heteroatoms. The molecule has 0 bridgehead atoms. The zero-order valence-corrected chi connectivity index (χ0v) is 7.74. The van der Waals surface area contributed by atoms with Gasteiger partial charge in [-0.15, -0.1) is 0 Å². The normalized spacial score (nSPS) is 28.3. The molecule has 0 spiro atoms. The summed E-state index contributed by atoms with van der Waals surface area (Å²) in [4.78, 5) is 1.88. The molecule has 13 heavy (non-hydrogen) atoms. The summed E-state index contributed by atoms with van der Waals surface area (Å²) in [5.41, 5.74) is 5.46. The van der Waals surface area contributed by atoms with Crippen molar-refractivity contribution in [3.05, 3.63) is 6.07 Å². The molecular weight excluding hydrogens is 190 g/mol. The maximum Gasteiger partial charge on any atom is 0.139 e. The van der Waals surface area contributed by atoms with Crippen molar-refractivity contribution in [3.8, 4) is 0 Å². The molecule has 4 N–H and O–H groups in total. The SMILES string of the molecule is Nc1cc(N2CC(O)C(O)C2)sn1. The van der Waals surface area contributed by atoms with Gasteiger partial charge in [-0.1, -0.05) is 0 Å². The van der Waals surface area contributed by atoms with E-state index in [-0.39, 0.29) is 0 Å². The molecule has 0 amide bonds. The molecule has 2 unspecified atom stereocenters. The molecule has 0 aromatic carbocycles. The number of aliphatic hydroxyl groups excluding tert-OH is 2. The van der Waals surface area contributed by atoms with Gasteiger partial charge in [0, 0.05) is 19.2 Å². The molecule has 2 atom stereocenters. The van der Waals surface area contributed by atoms with Crippen molar-refractivity contribution >= 4 is 22.4 Å². The lowest BCUT2D eigenvalue weighted by Crippen LogP contribution is -2.22. The van der Waals surface area contributed by atoms with Crippen molar-refractivity contribution < 1.29 is 10.2 Å². The Kier molecular flexibility index (Phi) is 2.10. The van der Waals surface area contributed by atoms with E-state index in [2.05, 4.69) is 4.37 Å². The zero-order valence-electron chi connectivity index (χ0n) is 6.92. The van der Waals surface area contributed by atoms with Gasteiger partial charge in [0.2, 0.25) is 0 Å². The topological polar surface area (TPSA) is 82.6 Å². The summed E-state index contributed by atoms with van der Waals surface area (Å²) in [5.74, 6) is 0.482. The van der Waals surface area contributed by atoms with Crippen molar-refractivity contribution in [2.45, 2.75) is 12.2 Å². The molecule has 1 aliphatic rings. The summed E-state index contributed by atoms with van der Waals surface area (Å²) < 4.78 is 3.93. The minimum absolute atomic E-state index is 0.447. The van der Waals surface area contributed by atoms with Crippen LogP contribution in [0.1, 0.15) is 0 Å². The molecule has 0 radical (unpaired) electrons. The lowest BCUT2D eigenvalue weighted by molar-refractivity contribution is 0.0572. The number of aliphatic hydroxyl groups is 2. The first kappa shape index (κ1) is 8.74. The molecule has 5 nitrogen and oxygen atoms in total. The third kappa shape index (κ3) is 1.60. The van der Waals surface area contributed by atoms with Gasteiger partial charge >= 0.3 is 0 Å². The predicted molar refractivity (Wildman–Crippen MR) is 50.8 cm³/mol. The van der Waals surface area contributed by atoms with Crippen LogP contribution in [-0.2, 0) is 0 Å². The Hall–Kier alpha value is -0.850. The van der Waals surface area contributed by atoms with E-state index in [0.29, 0.717) is 18.9 Å². The standard InChI is InChI=1S/C7H11N3O2S/c8-6-1-7(13-9-6)10-2-4(11)5(12)3-10/h1,4-5,11-12H,2-3H2,(H2,8,9). The number of hydrogen-bond acceptors (Lipinski definition) is 6. The first-order valence-electron chi connectivity index (χ1n) is 4.00. The van der Waals surface area contributed by atoms with E-state index in [1.807, 2.05) is 4.90 Å². The van der Waals surface area contributed by atoms with E-state index in [9.17, 15) is 10.2 Å². The quantitative estimate of drug-likeness (QED) is 0.558. The van der Waals surface area contributed by atoms with Crippen LogP contribution in [-0.4, -0.2) is 39.9 Å². The highest BCUT2D eigenvalue weighted by Gasteiger charge is 2.30. The maximum atomic E-state index is 9.30. The average Bonchev–Trinajstić information content (AvgIpc) is 2.61. The van der Waals surface area contributed by atoms with E-state index in [4.69, 9.17) is 5.73 Å². The second-order valence-electron chi connectivity index (χ2n) is 3.13. The van der Waals surface area contributed by atoms with Crippen molar-refractivity contribution in [1.82, 2.24) is 4.37 Å². The van der Waals surface area contributed by atoms with Gasteiger partial charge in [0.15, 0.2) is 0 Å². The van der Waals surface area contributed by atoms with Gasteiger partial charge in [-0.25, -0.2) is 0 Å². The fourth-order valence-corrected chi connectivity index (χ4v) is 2.07. The van der Waals surface area contributed by atoms with Gasteiger partial charge in [0.1, 0.15) is 10.8 Å². The number of anilines is 2. The smallest absolute Gasteiger partial charge is 0.139 e. The number of nitrogens with zero attached hydrogens (tertiary/aromatic N) is 2. The molecule has 1 aromatic heterocycles. The molecule has 0 aliphatic carbocycles. The van der Waals surface area contributed by atoms with Gasteiger partial charge < -0.3 is 20.8 Å². The lowest BCUT2D eigenvalue weighted by Gasteiger charge is -2.12. The van der Waals surface area contributed by atoms with Gasteiger partial charge in [-0.05, 0) is 11.5 Å². The van der Waals surface area contributed by atoms with Gasteiger partial charge in [0.05, 0.1) is 12.2 Å². The Bertz CT molecular complexity index is 294. The Labute approximate surface area is 79.6 Å². The van der Waals surface area contributed by atoms with E-state index in [1.165, 1.54) is 11.5 Å². The van der Waals surface area contributed by atoms with Crippen LogP contribution >= 0.6 is 11.5 Å². The summed E-state index contributed by atoms with van der Waals surface area (Å²) in [5, 5.41) is 19.5. The van der Waals surface area contributed by atoms with Gasteiger partial charge in [-0.3, -0.25) is 0 Å². The molecule has 2 heterocycles. The fourth-order valence-electron chi connectivity index (χ4n) is 1.38. The Balaban J connectivity index is 2.11. The molecular formula is C7H11N3O2S. The van der Waals surface area contributed by atoms with Gasteiger partial charge in [0.25, 0.3) is 0 Å². The van der Waals surface area contributed by atoms with Crippen LogP contribution in [0.2, 0.25) is 0 Å². The second-order valence-corrected chi connectivity index (χ2v) is 3.91. The zero-order chi connectivity index (χ0) is 9.42. The number of nitrogen functional groups attached to an aromatic ring is 1. The number of β-amino-alcohol motifs (C(OH)–C–C–N with tert-alkyl or cyclic N) is 2. The number of nitrogens with two attached hydrogens (primary N) is 1. The van der Waals surface area contributed by atoms with Crippen LogP contribution in [0.3, 0.4) is 0 Å². The minimum atomic E-state index is -0.664. The van der Waals surface area contributed by atoms with Crippen LogP contribution in [0.4, 0.5) is 10.8 Å². The van der Waals surface area contributed by atoms with Crippen LogP contribution < -0.4 is 10.6 Å². The summed E-state index contributed by atoms with van der Waals surface area (Å²) in [6, 6.07) is 1.75. The minimum Gasteiger partial charge on any atom is -0.389 e. The molecule has 1 fully saturated rings. The fraction of sp³-hybridized carbons (Fsp3) is 0.571. The Morgan fingerprint density at radius 1 is 1.46 bits per heavy atom. The average molecular weight is 201 g/mol. The summed E-state index contributed by atoms with van der Waals surface area (Å²) in [6.45, 7) is 0.894. The lowest BCUT2D eigenvalue weighted by atomic mass is 10.3. The van der Waals surface area contributed by atoms with Crippen molar-refractivity contribution in [1.29, 1.82) is 0 Å². The molecule has 2 rings (SSSR count). The van der Waals surface area contributed by atoms with E-state index >= 15 is 0 Å². The van der Waals surface area contributed by atoms with Crippen molar-refractivity contribution in [3.63, 3.8) is 0 Å². The number of aromatic nitrogens is 1. The first-order chi connectivity index (χ1) is 6.16. The largest absolute Gasteiger partial charge is 0.389 e. The Morgan fingerprint density at radius 3 is 2.54 bits per heavy atom. The third-order valence-corrected chi connectivity index (χ3v) is 2.95. The summed E-state index contributed by atoms with van der Waals surface area (Å²) in [7, 11) is 0. The predicted octanol–water partition coefficient (Wildman–Crippen LogP) is -0.733. The maximum absolute atomic E-state index is 9.30. The molecule has 1 aromatic rings. The number of rotatable bonds is 1. The molecule has 1 saturated heterocycles. The van der Waals surface area contributed by atoms with Crippen LogP contribution in [0, 0.1) is 0 Å². The van der Waals surface area contributed by atoms with Gasteiger partial charge in [-0.2, -0.15) is 4.37 Å². The third-order valence-electron chi connectivity index (χ3n) is 2.09. The first-order valence-corrected chi connectivity index (χ1v) is 4.77. The van der Waals surface area contributed by atoms with Crippen molar-refractivity contribution in [2.75, 3.05) is 23.7 Å². The highest BCUT2D eigenvalue weighted by molar-refractivity contribution is 7.10. The second kappa shape index (κ2) is 3.13. The van der Waals surface area contributed by atoms with E-state index in [1.54, 1.807) is 6.07 Å². The molecule has 0 saturated carbocycles. The highest BCUT2D eigenvalue weighted by atomic mass is 32.1. The summed E-state index contributed by atoms with van der Waals surface area (Å²) >= 11 is 1.28. The van der Waals surface area contributed by atoms with Crippen LogP contribution in [0.5, 0.6) is 0 Å². The number of hydrogen-bond donors (Lipinski definition) is 3. The van der Waals surface area contributed by atoms with Crippen LogP contribution in [0.15, 0.2) is 6.07 Å². The summed E-state index contributed by atoms with van der Waals surface area (Å²) in [6.07, 6.45) is -1.33. The Morgan fingerprint density at radius 2 is 2.08 bits per heavy atom. The monoisotopic (exact) mass is 201 g/mol. The van der Waals surface area contributed by atoms with Crippen LogP contribution in [0.25, 0.3) is 0 Å². The van der Waals surface area contributed by atoms with Crippen molar-refractivity contribution in [2.24, 2.45) is 0 Å². The molecule has 72 valence electrons.